The first-order valence-electron chi connectivity index (χ1n) is 4.94. The van der Waals surface area contributed by atoms with Crippen molar-refractivity contribution in [1.29, 1.82) is 0 Å². The van der Waals surface area contributed by atoms with E-state index in [2.05, 4.69) is 16.6 Å². The zero-order valence-electron chi connectivity index (χ0n) is 9.61. The van der Waals surface area contributed by atoms with E-state index in [4.69, 9.17) is 0 Å². The predicted molar refractivity (Wildman–Crippen MR) is 61.6 cm³/mol. The lowest BCUT2D eigenvalue weighted by atomic mass is 10.1. The normalized spacial score (nSPS) is 9.06. The quantitative estimate of drug-likeness (QED) is 0.477. The van der Waals surface area contributed by atoms with Crippen LogP contribution in [0.2, 0.25) is 0 Å². The Morgan fingerprint density at radius 2 is 2.12 bits per heavy atom. The van der Waals surface area contributed by atoms with Gasteiger partial charge in [0.2, 0.25) is 0 Å². The third-order valence-corrected chi connectivity index (χ3v) is 2.07. The van der Waals surface area contributed by atoms with Crippen molar-refractivity contribution < 1.29 is 19.4 Å². The molecule has 0 unspecified atom stereocenters. The summed E-state index contributed by atoms with van der Waals surface area (Å²) in [5.41, 5.74) is 0.784. The first-order chi connectivity index (χ1) is 8.04. The van der Waals surface area contributed by atoms with Crippen molar-refractivity contribution in [2.75, 3.05) is 7.11 Å². The topological polar surface area (TPSA) is 63.6 Å². The first kappa shape index (κ1) is 12.8. The second kappa shape index (κ2) is 5.71. The molecule has 4 nitrogen and oxygen atoms in total. The standard InChI is InChI=1S/C13H12O4/c1-9(14)11-8-10(6-7-12(11)15)4-3-5-13(16)17-2/h6-8,15H,5H2,1-2H3. The molecular weight excluding hydrogens is 220 g/mol. The lowest BCUT2D eigenvalue weighted by Crippen LogP contribution is -1.97. The molecule has 0 aliphatic carbocycles. The van der Waals surface area contributed by atoms with Crippen LogP contribution < -0.4 is 0 Å². The van der Waals surface area contributed by atoms with E-state index in [-0.39, 0.29) is 23.5 Å². The fourth-order valence-corrected chi connectivity index (χ4v) is 1.19. The number of Topliss-reactive ketones (excluding diaryl/α,β-unsaturated/α-hetero) is 1. The van der Waals surface area contributed by atoms with E-state index in [1.807, 2.05) is 0 Å². The number of hydrogen-bond donors (Lipinski definition) is 1. The lowest BCUT2D eigenvalue weighted by Gasteiger charge is -2.00. The minimum atomic E-state index is -0.414. The Morgan fingerprint density at radius 3 is 2.71 bits per heavy atom. The van der Waals surface area contributed by atoms with Crippen molar-refractivity contribution in [2.24, 2.45) is 0 Å². The van der Waals surface area contributed by atoms with Crippen LogP contribution in [-0.2, 0) is 9.53 Å². The summed E-state index contributed by atoms with van der Waals surface area (Å²) < 4.78 is 4.43. The van der Waals surface area contributed by atoms with Crippen molar-refractivity contribution in [2.45, 2.75) is 13.3 Å². The molecule has 1 aromatic rings. The Kier molecular flexibility index (Phi) is 4.29. The summed E-state index contributed by atoms with van der Waals surface area (Å²) in [5.74, 6) is 4.61. The van der Waals surface area contributed by atoms with Crippen LogP contribution in [0.3, 0.4) is 0 Å². The van der Waals surface area contributed by atoms with Crippen LogP contribution in [0.15, 0.2) is 18.2 Å². The van der Waals surface area contributed by atoms with Crippen molar-refractivity contribution in [1.82, 2.24) is 0 Å². The van der Waals surface area contributed by atoms with Crippen molar-refractivity contribution in [3.63, 3.8) is 0 Å². The fraction of sp³-hybridized carbons (Fsp3) is 0.231. The van der Waals surface area contributed by atoms with Gasteiger partial charge in [-0.05, 0) is 25.1 Å². The summed E-state index contributed by atoms with van der Waals surface area (Å²) in [5, 5.41) is 9.41. The number of aromatic hydroxyl groups is 1. The van der Waals surface area contributed by atoms with E-state index >= 15 is 0 Å². The molecule has 1 aromatic carbocycles. The molecule has 0 heterocycles. The highest BCUT2D eigenvalue weighted by Gasteiger charge is 2.06. The average Bonchev–Trinajstić information content (AvgIpc) is 2.30. The summed E-state index contributed by atoms with van der Waals surface area (Å²) in [6.07, 6.45) is -0.00716. The number of phenols is 1. The molecule has 0 atom stereocenters. The van der Waals surface area contributed by atoms with Crippen molar-refractivity contribution in [3.05, 3.63) is 29.3 Å². The minimum Gasteiger partial charge on any atom is -0.507 e. The van der Waals surface area contributed by atoms with Gasteiger partial charge < -0.3 is 9.84 Å². The van der Waals surface area contributed by atoms with Gasteiger partial charge in [0.1, 0.15) is 12.2 Å². The Morgan fingerprint density at radius 1 is 1.41 bits per heavy atom. The smallest absolute Gasteiger partial charge is 0.317 e. The number of phenolic OH excluding ortho intramolecular Hbond substituents is 1. The molecule has 0 fully saturated rings. The SMILES string of the molecule is COC(=O)CC#Cc1ccc(O)c(C(C)=O)c1. The van der Waals surface area contributed by atoms with Crippen molar-refractivity contribution in [3.8, 4) is 17.6 Å². The zero-order chi connectivity index (χ0) is 12.8. The maximum Gasteiger partial charge on any atom is 0.317 e. The molecule has 1 rings (SSSR count). The third-order valence-electron chi connectivity index (χ3n) is 2.07. The Balaban J connectivity index is 2.89. The summed E-state index contributed by atoms with van der Waals surface area (Å²) in [4.78, 5) is 22.0. The first-order valence-corrected chi connectivity index (χ1v) is 4.94. The van der Waals surface area contributed by atoms with Gasteiger partial charge in [-0.1, -0.05) is 11.8 Å². The summed E-state index contributed by atoms with van der Waals surface area (Å²) in [6.45, 7) is 1.36. The van der Waals surface area contributed by atoms with Crippen LogP contribution in [0.4, 0.5) is 0 Å². The zero-order valence-corrected chi connectivity index (χ0v) is 9.61. The summed E-state index contributed by atoms with van der Waals surface area (Å²) in [6, 6.07) is 4.47. The molecule has 0 saturated carbocycles. The van der Waals surface area contributed by atoms with Gasteiger partial charge >= 0.3 is 5.97 Å². The molecule has 88 valence electrons. The number of ether oxygens (including phenoxy) is 1. The highest BCUT2D eigenvalue weighted by Crippen LogP contribution is 2.18. The van der Waals surface area contributed by atoms with E-state index in [1.54, 1.807) is 6.07 Å². The number of rotatable bonds is 2. The van der Waals surface area contributed by atoms with Gasteiger partial charge in [0.25, 0.3) is 0 Å². The molecule has 17 heavy (non-hydrogen) atoms. The molecule has 0 spiro atoms. The monoisotopic (exact) mass is 232 g/mol. The van der Waals surface area contributed by atoms with Gasteiger partial charge in [0.05, 0.1) is 12.7 Å². The van der Waals surface area contributed by atoms with Gasteiger partial charge in [-0.25, -0.2) is 0 Å². The average molecular weight is 232 g/mol. The number of carbonyl (C=O) groups excluding carboxylic acids is 2. The number of esters is 1. The molecule has 1 N–H and O–H groups in total. The van der Waals surface area contributed by atoms with Crippen LogP contribution in [-0.4, -0.2) is 24.0 Å². The van der Waals surface area contributed by atoms with Gasteiger partial charge in [-0.15, -0.1) is 0 Å². The molecule has 0 radical (unpaired) electrons. The predicted octanol–water partition coefficient (Wildman–Crippen LogP) is 1.51. The molecule has 4 heteroatoms. The second-order valence-corrected chi connectivity index (χ2v) is 3.34. The van der Waals surface area contributed by atoms with E-state index in [9.17, 15) is 14.7 Å². The molecule has 0 amide bonds. The van der Waals surface area contributed by atoms with Crippen LogP contribution >= 0.6 is 0 Å². The maximum atomic E-state index is 11.2. The van der Waals surface area contributed by atoms with Gasteiger partial charge in [0, 0.05) is 5.56 Å². The van der Waals surface area contributed by atoms with E-state index in [1.165, 1.54) is 26.2 Å². The molecule has 0 aromatic heterocycles. The van der Waals surface area contributed by atoms with Crippen molar-refractivity contribution >= 4 is 11.8 Å². The van der Waals surface area contributed by atoms with Gasteiger partial charge in [-0.2, -0.15) is 0 Å². The number of benzene rings is 1. The number of ketones is 1. The lowest BCUT2D eigenvalue weighted by molar-refractivity contribution is -0.139. The molecule has 0 saturated heterocycles. The van der Waals surface area contributed by atoms with E-state index < -0.39 is 5.97 Å². The van der Waals surface area contributed by atoms with Crippen LogP contribution in [0.25, 0.3) is 0 Å². The minimum absolute atomic E-state index is 0.00716. The number of hydrogen-bond acceptors (Lipinski definition) is 4. The Labute approximate surface area is 99.2 Å². The van der Waals surface area contributed by atoms with Crippen LogP contribution in [0, 0.1) is 11.8 Å². The third kappa shape index (κ3) is 3.65. The fourth-order valence-electron chi connectivity index (χ4n) is 1.19. The van der Waals surface area contributed by atoms with E-state index in [0.29, 0.717) is 5.56 Å². The molecule has 0 aliphatic rings. The molecule has 0 bridgehead atoms. The Bertz CT molecular complexity index is 506. The number of methoxy groups -OCH3 is 1. The second-order valence-electron chi connectivity index (χ2n) is 3.34. The molecule has 0 aliphatic heterocycles. The molecular formula is C13H12O4. The summed E-state index contributed by atoms with van der Waals surface area (Å²) in [7, 11) is 1.29. The highest BCUT2D eigenvalue weighted by atomic mass is 16.5. The number of carbonyl (C=O) groups is 2. The summed E-state index contributed by atoms with van der Waals surface area (Å²) >= 11 is 0. The highest BCUT2D eigenvalue weighted by molar-refractivity contribution is 5.97. The maximum absolute atomic E-state index is 11.2. The van der Waals surface area contributed by atoms with Crippen LogP contribution in [0.1, 0.15) is 29.3 Å². The largest absolute Gasteiger partial charge is 0.507 e. The van der Waals surface area contributed by atoms with Crippen LogP contribution in [0.5, 0.6) is 5.75 Å². The van der Waals surface area contributed by atoms with E-state index in [0.717, 1.165) is 0 Å². The van der Waals surface area contributed by atoms with Gasteiger partial charge in [0.15, 0.2) is 5.78 Å². The van der Waals surface area contributed by atoms with Gasteiger partial charge in [-0.3, -0.25) is 9.59 Å². The Hall–Kier alpha value is -2.28.